The topological polar surface area (TPSA) is 13.1 Å². The highest BCUT2D eigenvalue weighted by atomic mass is 16.3. The van der Waals surface area contributed by atoms with Crippen LogP contribution in [0.5, 0.6) is 0 Å². The fourth-order valence-electron chi connectivity index (χ4n) is 0.955. The van der Waals surface area contributed by atoms with E-state index in [0.29, 0.717) is 0 Å². The second kappa shape index (κ2) is 1.25. The molecule has 0 amide bonds. The molecule has 0 saturated carbocycles. The smallest absolute Gasteiger partial charge is 0.129 e. The Morgan fingerprint density at radius 3 is 3.38 bits per heavy atom. The van der Waals surface area contributed by atoms with Crippen molar-refractivity contribution in [1.82, 2.24) is 0 Å². The van der Waals surface area contributed by atoms with E-state index in [1.54, 1.807) is 6.26 Å². The number of fused-ring (bicyclic) bond motifs is 1. The van der Waals surface area contributed by atoms with E-state index < -0.39 is 0 Å². The summed E-state index contributed by atoms with van der Waals surface area (Å²) < 4.78 is 5.09. The predicted octanol–water partition coefficient (Wildman–Crippen LogP) is 1.85. The van der Waals surface area contributed by atoms with Gasteiger partial charge in [0, 0.05) is 5.56 Å². The molecule has 0 fully saturated rings. The molecule has 1 heterocycles. The number of rotatable bonds is 0. The molecule has 1 aromatic heterocycles. The molecule has 0 radical (unpaired) electrons. The summed E-state index contributed by atoms with van der Waals surface area (Å²) in [5.41, 5.74) is 1.31. The first kappa shape index (κ1) is 3.96. The highest BCUT2D eigenvalue weighted by Gasteiger charge is 2.04. The van der Waals surface area contributed by atoms with Gasteiger partial charge >= 0.3 is 0 Å². The molecule has 0 aliphatic heterocycles. The van der Waals surface area contributed by atoms with Crippen LogP contribution in [0.4, 0.5) is 0 Å². The molecule has 1 aromatic rings. The summed E-state index contributed by atoms with van der Waals surface area (Å²) in [5, 5.41) is 0. The van der Waals surface area contributed by atoms with E-state index in [2.05, 4.69) is 6.08 Å². The molecule has 1 aliphatic rings. The first-order valence-corrected chi connectivity index (χ1v) is 2.70. The van der Waals surface area contributed by atoms with Gasteiger partial charge in [-0.15, -0.1) is 0 Å². The molecule has 8 heavy (non-hydrogen) atoms. The number of hydrogen-bond acceptors (Lipinski definition) is 1. The molecule has 0 bridgehead atoms. The molecule has 2 rings (SSSR count). The average molecular weight is 106 g/mol. The third-order valence-electron chi connectivity index (χ3n) is 1.39. The molecule has 1 nitrogen and oxygen atoms in total. The third-order valence-corrected chi connectivity index (χ3v) is 1.39. The molecule has 0 unspecified atom stereocenters. The molecule has 0 N–H and O–H groups in total. The predicted molar refractivity (Wildman–Crippen MR) is 31.4 cm³/mol. The molecular weight excluding hydrogens is 100 g/mol. The molecule has 0 aromatic carbocycles. The number of furan rings is 1. The van der Waals surface area contributed by atoms with Crippen LogP contribution in [0, 0.1) is 0 Å². The molecule has 0 spiro atoms. The zero-order valence-electron chi connectivity index (χ0n) is 4.42. The van der Waals surface area contributed by atoms with Crippen LogP contribution < -0.4 is 0 Å². The lowest BCUT2D eigenvalue weighted by molar-refractivity contribution is 0.556. The highest BCUT2D eigenvalue weighted by Crippen LogP contribution is 2.18. The van der Waals surface area contributed by atoms with Crippen LogP contribution in [-0.4, -0.2) is 0 Å². The van der Waals surface area contributed by atoms with Crippen LogP contribution in [0.25, 0.3) is 6.08 Å². The minimum absolute atomic E-state index is 1.03. The van der Waals surface area contributed by atoms with Crippen LogP contribution in [-0.2, 0) is 6.42 Å². The van der Waals surface area contributed by atoms with Gasteiger partial charge in [-0.1, -0.05) is 6.08 Å². The second-order valence-electron chi connectivity index (χ2n) is 1.92. The van der Waals surface area contributed by atoms with Gasteiger partial charge in [0.15, 0.2) is 0 Å². The van der Waals surface area contributed by atoms with E-state index in [-0.39, 0.29) is 0 Å². The van der Waals surface area contributed by atoms with E-state index >= 15 is 0 Å². The Morgan fingerprint density at radius 2 is 2.50 bits per heavy atom. The molecular formula is C7H6O. The maximum absolute atomic E-state index is 5.09. The summed E-state index contributed by atoms with van der Waals surface area (Å²) in [7, 11) is 0. The zero-order chi connectivity index (χ0) is 5.40. The lowest BCUT2D eigenvalue weighted by atomic mass is 10.3. The van der Waals surface area contributed by atoms with Gasteiger partial charge < -0.3 is 4.42 Å². The first-order chi connectivity index (χ1) is 3.97. The normalized spacial score (nSPS) is 14.5. The SMILES string of the molecule is C1=Cc2occc2C1. The standard InChI is InChI=1S/C7H6O/c1-2-6-4-5-8-7(6)3-1/h1,3-5H,2H2. The van der Waals surface area contributed by atoms with Gasteiger partial charge in [-0.05, 0) is 18.6 Å². The van der Waals surface area contributed by atoms with E-state index in [1.807, 2.05) is 12.1 Å². The van der Waals surface area contributed by atoms with Crippen molar-refractivity contribution < 1.29 is 4.42 Å². The van der Waals surface area contributed by atoms with Gasteiger partial charge in [0.2, 0.25) is 0 Å². The van der Waals surface area contributed by atoms with Crippen molar-refractivity contribution in [3.05, 3.63) is 29.7 Å². The van der Waals surface area contributed by atoms with E-state index in [9.17, 15) is 0 Å². The van der Waals surface area contributed by atoms with Gasteiger partial charge in [-0.2, -0.15) is 0 Å². The van der Waals surface area contributed by atoms with Crippen LogP contribution in [0.15, 0.2) is 22.8 Å². The van der Waals surface area contributed by atoms with Gasteiger partial charge in [-0.25, -0.2) is 0 Å². The summed E-state index contributed by atoms with van der Waals surface area (Å²) in [6, 6.07) is 2.01. The summed E-state index contributed by atoms with van der Waals surface area (Å²) >= 11 is 0. The number of allylic oxidation sites excluding steroid dienone is 1. The summed E-state index contributed by atoms with van der Waals surface area (Å²) in [6.07, 6.45) is 6.89. The molecule has 0 saturated heterocycles. The Morgan fingerprint density at radius 1 is 1.50 bits per heavy atom. The minimum atomic E-state index is 1.03. The lowest BCUT2D eigenvalue weighted by Crippen LogP contribution is -1.67. The van der Waals surface area contributed by atoms with Gasteiger partial charge in [-0.3, -0.25) is 0 Å². The summed E-state index contributed by atoms with van der Waals surface area (Å²) in [6.45, 7) is 0. The monoisotopic (exact) mass is 106 g/mol. The second-order valence-corrected chi connectivity index (χ2v) is 1.92. The number of hydrogen-bond donors (Lipinski definition) is 0. The average Bonchev–Trinajstić information content (AvgIpc) is 2.15. The van der Waals surface area contributed by atoms with E-state index in [1.165, 1.54) is 5.56 Å². The Kier molecular flexibility index (Phi) is 0.618. The Labute approximate surface area is 47.6 Å². The van der Waals surface area contributed by atoms with E-state index in [0.717, 1.165) is 12.2 Å². The van der Waals surface area contributed by atoms with Crippen LogP contribution in [0.2, 0.25) is 0 Å². The Balaban J connectivity index is 2.67. The lowest BCUT2D eigenvalue weighted by Gasteiger charge is -1.78. The minimum Gasteiger partial charge on any atom is -0.465 e. The van der Waals surface area contributed by atoms with Crippen molar-refractivity contribution in [2.75, 3.05) is 0 Å². The molecule has 1 heteroatoms. The Bertz CT molecular complexity index is 220. The maximum Gasteiger partial charge on any atom is 0.129 e. The van der Waals surface area contributed by atoms with Crippen LogP contribution >= 0.6 is 0 Å². The van der Waals surface area contributed by atoms with Crippen molar-refractivity contribution in [2.24, 2.45) is 0 Å². The quantitative estimate of drug-likeness (QED) is 0.492. The largest absolute Gasteiger partial charge is 0.465 e. The maximum atomic E-state index is 5.09. The van der Waals surface area contributed by atoms with Gasteiger partial charge in [0.05, 0.1) is 6.26 Å². The van der Waals surface area contributed by atoms with Gasteiger partial charge in [0.25, 0.3) is 0 Å². The van der Waals surface area contributed by atoms with Crippen molar-refractivity contribution in [3.8, 4) is 0 Å². The fourth-order valence-corrected chi connectivity index (χ4v) is 0.955. The fraction of sp³-hybridized carbons (Fsp3) is 0.143. The van der Waals surface area contributed by atoms with Crippen molar-refractivity contribution in [2.45, 2.75) is 6.42 Å². The summed E-state index contributed by atoms with van der Waals surface area (Å²) in [5.74, 6) is 1.03. The first-order valence-electron chi connectivity index (χ1n) is 2.70. The van der Waals surface area contributed by atoms with Gasteiger partial charge in [0.1, 0.15) is 5.76 Å². The van der Waals surface area contributed by atoms with Crippen LogP contribution in [0.1, 0.15) is 11.3 Å². The molecule has 1 aliphatic carbocycles. The zero-order valence-corrected chi connectivity index (χ0v) is 4.42. The molecule has 0 atom stereocenters. The molecule has 40 valence electrons. The summed E-state index contributed by atoms with van der Waals surface area (Å²) in [4.78, 5) is 0. The van der Waals surface area contributed by atoms with E-state index in [4.69, 9.17) is 4.42 Å². The van der Waals surface area contributed by atoms with Crippen molar-refractivity contribution >= 4 is 6.08 Å². The van der Waals surface area contributed by atoms with Crippen LogP contribution in [0.3, 0.4) is 0 Å². The third kappa shape index (κ3) is 0.360. The van der Waals surface area contributed by atoms with Crippen molar-refractivity contribution in [3.63, 3.8) is 0 Å². The Hall–Kier alpha value is -0.980. The highest BCUT2D eigenvalue weighted by molar-refractivity contribution is 5.53. The van der Waals surface area contributed by atoms with Crippen molar-refractivity contribution in [1.29, 1.82) is 0 Å².